The topological polar surface area (TPSA) is 66.5 Å². The van der Waals surface area contributed by atoms with Crippen LogP contribution < -0.4 is 5.73 Å². The molecule has 0 spiro atoms. The van der Waals surface area contributed by atoms with Crippen molar-refractivity contribution >= 4 is 15.9 Å². The average molecular weight is 274 g/mol. The van der Waals surface area contributed by atoms with Crippen LogP contribution in [0.5, 0.6) is 5.75 Å². The zero-order chi connectivity index (χ0) is 11.6. The average Bonchev–Trinajstić information content (AvgIpc) is 2.20. The normalized spacial score (nSPS) is 13.2. The van der Waals surface area contributed by atoms with Crippen LogP contribution in [0.25, 0.3) is 0 Å². The van der Waals surface area contributed by atoms with Crippen LogP contribution in [0.3, 0.4) is 0 Å². The van der Waals surface area contributed by atoms with Gasteiger partial charge in [0.1, 0.15) is 5.75 Å². The predicted molar refractivity (Wildman–Crippen MR) is 63.9 cm³/mol. The molecule has 4 heteroatoms. The lowest BCUT2D eigenvalue weighted by Crippen LogP contribution is -2.12. The number of benzene rings is 1. The van der Waals surface area contributed by atoms with E-state index in [1.807, 2.05) is 6.07 Å². The van der Waals surface area contributed by atoms with Gasteiger partial charge in [0.05, 0.1) is 10.6 Å². The van der Waals surface area contributed by atoms with Crippen molar-refractivity contribution in [2.75, 3.05) is 6.54 Å². The van der Waals surface area contributed by atoms with Crippen LogP contribution in [-0.2, 0) is 0 Å². The second kappa shape index (κ2) is 4.96. The van der Waals surface area contributed by atoms with Crippen LogP contribution in [0.15, 0.2) is 16.6 Å². The van der Waals surface area contributed by atoms with Gasteiger partial charge >= 0.3 is 0 Å². The van der Waals surface area contributed by atoms with Crippen molar-refractivity contribution in [3.63, 3.8) is 0 Å². The van der Waals surface area contributed by atoms with Gasteiger partial charge in [0.2, 0.25) is 0 Å². The van der Waals surface area contributed by atoms with Crippen molar-refractivity contribution in [2.45, 2.75) is 25.9 Å². The number of nitrogens with two attached hydrogens (primary N) is 1. The highest BCUT2D eigenvalue weighted by molar-refractivity contribution is 9.10. The zero-order valence-electron chi connectivity index (χ0n) is 8.87. The lowest BCUT2D eigenvalue weighted by molar-refractivity contribution is 0.182. The molecule has 0 fully saturated rings. The van der Waals surface area contributed by atoms with E-state index in [1.54, 1.807) is 6.07 Å². The van der Waals surface area contributed by atoms with E-state index in [2.05, 4.69) is 29.8 Å². The standard InChI is InChI=1S/C11H16BrNO2/c1-6(2)7-3-8(10(14)5-13)11(15)9(12)4-7/h3-4,6,10,14-15H,5,13H2,1-2H3. The summed E-state index contributed by atoms with van der Waals surface area (Å²) in [4.78, 5) is 0. The van der Waals surface area contributed by atoms with Crippen LogP contribution >= 0.6 is 15.9 Å². The third-order valence-electron chi connectivity index (χ3n) is 2.36. The van der Waals surface area contributed by atoms with Crippen LogP contribution in [0, 0.1) is 0 Å². The highest BCUT2D eigenvalue weighted by atomic mass is 79.9. The van der Waals surface area contributed by atoms with Crippen molar-refractivity contribution in [1.82, 2.24) is 0 Å². The molecule has 0 aliphatic heterocycles. The van der Waals surface area contributed by atoms with Gasteiger partial charge in [-0.2, -0.15) is 0 Å². The molecule has 0 aromatic heterocycles. The number of aliphatic hydroxyl groups is 1. The number of hydrogen-bond acceptors (Lipinski definition) is 3. The van der Waals surface area contributed by atoms with Gasteiger partial charge in [0.25, 0.3) is 0 Å². The van der Waals surface area contributed by atoms with E-state index in [0.29, 0.717) is 16.0 Å². The Morgan fingerprint density at radius 3 is 2.47 bits per heavy atom. The van der Waals surface area contributed by atoms with Gasteiger partial charge < -0.3 is 15.9 Å². The van der Waals surface area contributed by atoms with Gasteiger partial charge in [-0.25, -0.2) is 0 Å². The quantitative estimate of drug-likeness (QED) is 0.792. The van der Waals surface area contributed by atoms with Crippen molar-refractivity contribution < 1.29 is 10.2 Å². The summed E-state index contributed by atoms with van der Waals surface area (Å²) in [7, 11) is 0. The van der Waals surface area contributed by atoms with E-state index in [4.69, 9.17) is 5.73 Å². The smallest absolute Gasteiger partial charge is 0.135 e. The van der Waals surface area contributed by atoms with Crippen LogP contribution in [0.2, 0.25) is 0 Å². The Hall–Kier alpha value is -0.580. The number of aromatic hydroxyl groups is 1. The Balaban J connectivity index is 3.25. The molecule has 0 radical (unpaired) electrons. The number of halogens is 1. The number of phenols is 1. The summed E-state index contributed by atoms with van der Waals surface area (Å²) in [6, 6.07) is 3.65. The van der Waals surface area contributed by atoms with E-state index in [-0.39, 0.29) is 12.3 Å². The molecule has 0 aliphatic carbocycles. The molecule has 1 aromatic rings. The van der Waals surface area contributed by atoms with E-state index < -0.39 is 6.10 Å². The first-order chi connectivity index (χ1) is 6.97. The number of rotatable bonds is 3. The molecule has 1 aromatic carbocycles. The molecule has 3 nitrogen and oxygen atoms in total. The van der Waals surface area contributed by atoms with Crippen LogP contribution in [-0.4, -0.2) is 16.8 Å². The molecule has 15 heavy (non-hydrogen) atoms. The summed E-state index contributed by atoms with van der Waals surface area (Å²) >= 11 is 3.26. The van der Waals surface area contributed by atoms with Crippen LogP contribution in [0.1, 0.15) is 37.0 Å². The number of hydrogen-bond donors (Lipinski definition) is 3. The fourth-order valence-corrected chi connectivity index (χ4v) is 1.85. The van der Waals surface area contributed by atoms with E-state index >= 15 is 0 Å². The van der Waals surface area contributed by atoms with Gasteiger partial charge in [-0.3, -0.25) is 0 Å². The SMILES string of the molecule is CC(C)c1cc(Br)c(O)c(C(O)CN)c1. The first-order valence-electron chi connectivity index (χ1n) is 4.87. The molecule has 0 heterocycles. The lowest BCUT2D eigenvalue weighted by Gasteiger charge is -2.15. The van der Waals surface area contributed by atoms with Gasteiger partial charge in [-0.1, -0.05) is 13.8 Å². The Kier molecular flexibility index (Phi) is 4.13. The van der Waals surface area contributed by atoms with Gasteiger partial charge in [-0.05, 0) is 39.5 Å². The van der Waals surface area contributed by atoms with Crippen molar-refractivity contribution in [3.8, 4) is 5.75 Å². The summed E-state index contributed by atoms with van der Waals surface area (Å²) < 4.78 is 0.594. The van der Waals surface area contributed by atoms with Gasteiger partial charge in [-0.15, -0.1) is 0 Å². The highest BCUT2D eigenvalue weighted by Gasteiger charge is 2.15. The maximum absolute atomic E-state index is 9.74. The number of aliphatic hydroxyl groups excluding tert-OH is 1. The number of phenolic OH excluding ortho intramolecular Hbond substituents is 1. The molecule has 1 unspecified atom stereocenters. The zero-order valence-corrected chi connectivity index (χ0v) is 10.5. The highest BCUT2D eigenvalue weighted by Crippen LogP contribution is 2.35. The Bertz CT molecular complexity index is 353. The summed E-state index contributed by atoms with van der Waals surface area (Å²) in [6.07, 6.45) is -0.819. The van der Waals surface area contributed by atoms with E-state index in [0.717, 1.165) is 5.56 Å². The first-order valence-corrected chi connectivity index (χ1v) is 5.67. The third-order valence-corrected chi connectivity index (χ3v) is 2.97. The first kappa shape index (κ1) is 12.5. The fraction of sp³-hybridized carbons (Fsp3) is 0.455. The summed E-state index contributed by atoms with van der Waals surface area (Å²) in [5, 5.41) is 19.4. The molecule has 0 saturated heterocycles. The Morgan fingerprint density at radius 2 is 2.00 bits per heavy atom. The monoisotopic (exact) mass is 273 g/mol. The molecular formula is C11H16BrNO2. The Labute approximate surface area is 98.1 Å². The van der Waals surface area contributed by atoms with E-state index in [1.165, 1.54) is 0 Å². The summed E-state index contributed by atoms with van der Waals surface area (Å²) in [5.74, 6) is 0.406. The maximum atomic E-state index is 9.74. The minimum absolute atomic E-state index is 0.0670. The molecule has 0 aliphatic rings. The van der Waals surface area contributed by atoms with Gasteiger partial charge in [0, 0.05) is 12.1 Å². The summed E-state index contributed by atoms with van der Waals surface area (Å²) in [5.41, 5.74) is 6.91. The van der Waals surface area contributed by atoms with Crippen molar-refractivity contribution in [2.24, 2.45) is 5.73 Å². The largest absolute Gasteiger partial charge is 0.506 e. The molecule has 0 amide bonds. The van der Waals surface area contributed by atoms with Gasteiger partial charge in [0.15, 0.2) is 0 Å². The van der Waals surface area contributed by atoms with Crippen LogP contribution in [0.4, 0.5) is 0 Å². The molecule has 0 saturated carbocycles. The molecule has 4 N–H and O–H groups in total. The molecule has 84 valence electrons. The second-order valence-electron chi connectivity index (χ2n) is 3.85. The molecule has 1 rings (SSSR count). The minimum atomic E-state index is -0.819. The molecular weight excluding hydrogens is 258 g/mol. The maximum Gasteiger partial charge on any atom is 0.135 e. The van der Waals surface area contributed by atoms with Crippen molar-refractivity contribution in [3.05, 3.63) is 27.7 Å². The third kappa shape index (κ3) is 2.71. The molecule has 0 bridgehead atoms. The predicted octanol–water partition coefficient (Wildman–Crippen LogP) is 2.27. The fourth-order valence-electron chi connectivity index (χ4n) is 1.36. The summed E-state index contributed by atoms with van der Waals surface area (Å²) in [6.45, 7) is 4.20. The minimum Gasteiger partial charge on any atom is -0.506 e. The van der Waals surface area contributed by atoms with E-state index in [9.17, 15) is 10.2 Å². The Morgan fingerprint density at radius 1 is 1.40 bits per heavy atom. The lowest BCUT2D eigenvalue weighted by atomic mass is 9.98. The second-order valence-corrected chi connectivity index (χ2v) is 4.70. The van der Waals surface area contributed by atoms with Crippen molar-refractivity contribution in [1.29, 1.82) is 0 Å². The molecule has 1 atom stereocenters.